The minimum Gasteiger partial charge on any atom is -0.463 e. The predicted octanol–water partition coefficient (Wildman–Crippen LogP) is -0.213. The molecule has 1 aliphatic rings. The van der Waals surface area contributed by atoms with Gasteiger partial charge in [-0.25, -0.2) is 0 Å². The van der Waals surface area contributed by atoms with Gasteiger partial charge in [-0.1, -0.05) is 0 Å². The number of aliphatic hydroxyl groups is 1. The van der Waals surface area contributed by atoms with Gasteiger partial charge in [0.2, 0.25) is 0 Å². The number of ether oxygens (including phenoxy) is 7. The fourth-order valence-electron chi connectivity index (χ4n) is 2.62. The number of carbonyl (C=O) groups is 3. The fourth-order valence-corrected chi connectivity index (χ4v) is 2.73. The molecule has 11 nitrogen and oxygen atoms in total. The number of halogens is 1. The van der Waals surface area contributed by atoms with Crippen LogP contribution >= 0.6 is 11.6 Å². The van der Waals surface area contributed by atoms with E-state index in [1.54, 1.807) is 0 Å². The maximum absolute atomic E-state index is 11.5. The number of aliphatic hydroxyl groups excluding tert-OH is 1. The molecule has 174 valence electrons. The van der Waals surface area contributed by atoms with Crippen molar-refractivity contribution in [3.8, 4) is 0 Å². The Balaban J connectivity index is 2.71. The second kappa shape index (κ2) is 14.5. The third-order valence-corrected chi connectivity index (χ3v) is 3.93. The van der Waals surface area contributed by atoms with Crippen LogP contribution in [-0.4, -0.2) is 99.2 Å². The first-order chi connectivity index (χ1) is 14.3. The molecule has 0 spiro atoms. The van der Waals surface area contributed by atoms with E-state index in [4.69, 9.17) is 44.8 Å². The smallest absolute Gasteiger partial charge is 0.303 e. The van der Waals surface area contributed by atoms with Gasteiger partial charge in [-0.15, -0.1) is 11.6 Å². The lowest BCUT2D eigenvalue weighted by Gasteiger charge is -2.42. The maximum atomic E-state index is 11.5. The first-order valence-electron chi connectivity index (χ1n) is 9.40. The SMILES string of the molecule is CC(=O)OC[C@H]1O[C@@H](OCCOCCOCCCl)[C@H](OC(C)=O)[C@@H](O)[C@H]1OC(C)=O. The van der Waals surface area contributed by atoms with E-state index in [9.17, 15) is 19.5 Å². The van der Waals surface area contributed by atoms with E-state index in [1.807, 2.05) is 0 Å². The van der Waals surface area contributed by atoms with Crippen molar-refractivity contribution >= 4 is 29.5 Å². The highest BCUT2D eigenvalue weighted by atomic mass is 35.5. The average Bonchev–Trinajstić information content (AvgIpc) is 2.66. The van der Waals surface area contributed by atoms with E-state index in [1.165, 1.54) is 6.92 Å². The summed E-state index contributed by atoms with van der Waals surface area (Å²) in [6.45, 7) is 4.54. The van der Waals surface area contributed by atoms with Crippen LogP contribution in [0.25, 0.3) is 0 Å². The van der Waals surface area contributed by atoms with Gasteiger partial charge in [0.15, 0.2) is 18.5 Å². The Hall–Kier alpha value is -1.50. The molecule has 0 saturated carbocycles. The highest BCUT2D eigenvalue weighted by Crippen LogP contribution is 2.27. The van der Waals surface area contributed by atoms with E-state index in [-0.39, 0.29) is 19.8 Å². The highest BCUT2D eigenvalue weighted by Gasteiger charge is 2.50. The summed E-state index contributed by atoms with van der Waals surface area (Å²) in [6, 6.07) is 0. The third-order valence-electron chi connectivity index (χ3n) is 3.78. The van der Waals surface area contributed by atoms with Crippen LogP contribution in [0.5, 0.6) is 0 Å². The summed E-state index contributed by atoms with van der Waals surface area (Å²) >= 11 is 5.49. The van der Waals surface area contributed by atoms with Crippen LogP contribution in [0.1, 0.15) is 20.8 Å². The van der Waals surface area contributed by atoms with Crippen molar-refractivity contribution < 1.29 is 52.6 Å². The minimum absolute atomic E-state index is 0.0448. The second-order valence-electron chi connectivity index (χ2n) is 6.27. The van der Waals surface area contributed by atoms with Crippen LogP contribution < -0.4 is 0 Å². The van der Waals surface area contributed by atoms with Crippen molar-refractivity contribution in [3.05, 3.63) is 0 Å². The van der Waals surface area contributed by atoms with Gasteiger partial charge in [-0.05, 0) is 0 Å². The van der Waals surface area contributed by atoms with Crippen molar-refractivity contribution in [2.45, 2.75) is 51.5 Å². The summed E-state index contributed by atoms with van der Waals surface area (Å²) in [5.74, 6) is -1.57. The summed E-state index contributed by atoms with van der Waals surface area (Å²) in [7, 11) is 0. The van der Waals surface area contributed by atoms with Crippen molar-refractivity contribution in [2.75, 3.05) is 45.5 Å². The van der Waals surface area contributed by atoms with Crippen molar-refractivity contribution in [3.63, 3.8) is 0 Å². The van der Waals surface area contributed by atoms with Crippen molar-refractivity contribution in [1.82, 2.24) is 0 Å². The van der Waals surface area contributed by atoms with Crippen LogP contribution in [0, 0.1) is 0 Å². The van der Waals surface area contributed by atoms with Crippen LogP contribution in [0.15, 0.2) is 0 Å². The Bertz CT molecular complexity index is 542. The Labute approximate surface area is 179 Å². The zero-order chi connectivity index (χ0) is 22.5. The normalized spacial score (nSPS) is 26.1. The lowest BCUT2D eigenvalue weighted by molar-refractivity contribution is -0.307. The molecule has 1 fully saturated rings. The van der Waals surface area contributed by atoms with E-state index < -0.39 is 48.6 Å². The molecule has 1 heterocycles. The quantitative estimate of drug-likeness (QED) is 0.170. The molecule has 0 aliphatic carbocycles. The first kappa shape index (κ1) is 26.5. The van der Waals surface area contributed by atoms with E-state index in [2.05, 4.69) is 0 Å². The van der Waals surface area contributed by atoms with E-state index >= 15 is 0 Å². The summed E-state index contributed by atoms with van der Waals surface area (Å²) in [5, 5.41) is 10.6. The van der Waals surface area contributed by atoms with Crippen LogP contribution in [-0.2, 0) is 47.5 Å². The average molecular weight is 457 g/mol. The van der Waals surface area contributed by atoms with E-state index in [0.717, 1.165) is 13.8 Å². The Morgan fingerprint density at radius 3 is 2.00 bits per heavy atom. The summed E-state index contributed by atoms with van der Waals surface area (Å²) in [4.78, 5) is 34.0. The zero-order valence-electron chi connectivity index (χ0n) is 17.2. The number of alkyl halides is 1. The molecule has 5 atom stereocenters. The number of hydrogen-bond acceptors (Lipinski definition) is 11. The van der Waals surface area contributed by atoms with Gasteiger partial charge >= 0.3 is 17.9 Å². The molecule has 1 aliphatic heterocycles. The predicted molar refractivity (Wildman–Crippen MR) is 101 cm³/mol. The lowest BCUT2D eigenvalue weighted by Crippen LogP contribution is -2.61. The van der Waals surface area contributed by atoms with Gasteiger partial charge in [0, 0.05) is 26.7 Å². The largest absolute Gasteiger partial charge is 0.463 e. The molecule has 0 aromatic carbocycles. The van der Waals surface area contributed by atoms with Gasteiger partial charge in [0.25, 0.3) is 0 Å². The topological polar surface area (TPSA) is 136 Å². The molecule has 0 aromatic rings. The number of esters is 3. The fraction of sp³-hybridized carbons (Fsp3) is 0.833. The lowest BCUT2D eigenvalue weighted by atomic mass is 9.98. The molecule has 0 radical (unpaired) electrons. The molecule has 1 N–H and O–H groups in total. The minimum atomic E-state index is -1.47. The van der Waals surface area contributed by atoms with Gasteiger partial charge in [0.05, 0.1) is 33.0 Å². The Morgan fingerprint density at radius 2 is 1.43 bits per heavy atom. The molecule has 1 saturated heterocycles. The Morgan fingerprint density at radius 1 is 0.867 bits per heavy atom. The summed E-state index contributed by atoms with van der Waals surface area (Å²) in [6.07, 6.45) is -6.21. The number of rotatable bonds is 13. The highest BCUT2D eigenvalue weighted by molar-refractivity contribution is 6.17. The van der Waals surface area contributed by atoms with Gasteiger partial charge in [-0.2, -0.15) is 0 Å². The van der Waals surface area contributed by atoms with Crippen LogP contribution in [0.2, 0.25) is 0 Å². The van der Waals surface area contributed by atoms with Gasteiger partial charge < -0.3 is 38.3 Å². The molecule has 0 aromatic heterocycles. The molecule has 0 bridgehead atoms. The molecule has 1 rings (SSSR count). The third kappa shape index (κ3) is 10.0. The van der Waals surface area contributed by atoms with Crippen LogP contribution in [0.4, 0.5) is 0 Å². The van der Waals surface area contributed by atoms with Gasteiger partial charge in [0.1, 0.15) is 18.8 Å². The van der Waals surface area contributed by atoms with E-state index in [0.29, 0.717) is 25.7 Å². The zero-order valence-corrected chi connectivity index (χ0v) is 18.0. The molecule has 30 heavy (non-hydrogen) atoms. The first-order valence-corrected chi connectivity index (χ1v) is 9.94. The Kier molecular flexibility index (Phi) is 12.8. The second-order valence-corrected chi connectivity index (χ2v) is 6.65. The van der Waals surface area contributed by atoms with Crippen LogP contribution in [0.3, 0.4) is 0 Å². The summed E-state index contributed by atoms with van der Waals surface area (Å²) < 4.78 is 36.9. The molecular formula is C18H29ClO11. The van der Waals surface area contributed by atoms with Crippen molar-refractivity contribution in [2.24, 2.45) is 0 Å². The monoisotopic (exact) mass is 456 g/mol. The maximum Gasteiger partial charge on any atom is 0.303 e. The number of hydrogen-bond donors (Lipinski definition) is 1. The summed E-state index contributed by atoms with van der Waals surface area (Å²) in [5.41, 5.74) is 0. The molecule has 0 amide bonds. The van der Waals surface area contributed by atoms with Gasteiger partial charge in [-0.3, -0.25) is 14.4 Å². The standard InChI is InChI=1S/C18H29ClO11/c1-11(20)27-10-14-16(28-12(2)21)15(23)17(29-13(3)22)18(30-14)26-9-8-25-7-6-24-5-4-19/h14-18,23H,4-10H2,1-3H3/t14-,15+,16+,17-,18-/m1/s1. The number of carbonyl (C=O) groups excluding carboxylic acids is 3. The molecule has 12 heteroatoms. The van der Waals surface area contributed by atoms with Crippen molar-refractivity contribution in [1.29, 1.82) is 0 Å². The molecule has 0 unspecified atom stereocenters. The molecular weight excluding hydrogens is 428 g/mol.